The van der Waals surface area contributed by atoms with Crippen molar-refractivity contribution < 1.29 is 14.3 Å². The molecule has 0 bridgehead atoms. The Morgan fingerprint density at radius 1 is 1.16 bits per heavy atom. The highest BCUT2D eigenvalue weighted by molar-refractivity contribution is 7.98. The van der Waals surface area contributed by atoms with Crippen molar-refractivity contribution >= 4 is 34.9 Å². The van der Waals surface area contributed by atoms with Crippen molar-refractivity contribution in [1.82, 2.24) is 19.9 Å². The fourth-order valence-electron chi connectivity index (χ4n) is 3.65. The van der Waals surface area contributed by atoms with E-state index in [4.69, 9.17) is 4.74 Å². The molecule has 4 rings (SSSR count). The van der Waals surface area contributed by atoms with Crippen LogP contribution in [-0.4, -0.2) is 51.6 Å². The summed E-state index contributed by atoms with van der Waals surface area (Å²) in [6.45, 7) is 0.936. The van der Waals surface area contributed by atoms with Gasteiger partial charge in [-0.3, -0.25) is 14.0 Å². The third-order valence-electron chi connectivity index (χ3n) is 5.19. The van der Waals surface area contributed by atoms with E-state index in [1.807, 2.05) is 59.3 Å². The zero-order valence-corrected chi connectivity index (χ0v) is 18.2. The van der Waals surface area contributed by atoms with E-state index in [1.165, 1.54) is 0 Å². The first-order valence-corrected chi connectivity index (χ1v) is 11.7. The number of pyridine rings is 1. The average Bonchev–Trinajstić information content (AvgIpc) is 3.24. The van der Waals surface area contributed by atoms with Crippen molar-refractivity contribution in [2.24, 2.45) is 0 Å². The minimum Gasteiger partial charge on any atom is -0.490 e. The molecule has 2 aromatic heterocycles. The van der Waals surface area contributed by atoms with Gasteiger partial charge in [0.25, 0.3) is 0 Å². The Morgan fingerprint density at radius 3 is 2.87 bits per heavy atom. The molecule has 3 aromatic rings. The Balaban J connectivity index is 1.40. The van der Waals surface area contributed by atoms with Crippen LogP contribution in [0.2, 0.25) is 0 Å². The molecule has 1 aliphatic heterocycles. The second kappa shape index (κ2) is 9.82. The number of nitrogens with zero attached hydrogens (tertiary/aromatic N) is 4. The Hall–Kier alpha value is -3.07. The molecule has 2 amide bonds. The minimum atomic E-state index is -0.267. The molecule has 1 aliphatic rings. The summed E-state index contributed by atoms with van der Waals surface area (Å²) in [7, 11) is 0. The number of benzene rings is 1. The van der Waals surface area contributed by atoms with Gasteiger partial charge < -0.3 is 15.0 Å². The Morgan fingerprint density at radius 2 is 2.00 bits per heavy atom. The highest BCUT2D eigenvalue weighted by atomic mass is 32.2. The third-order valence-corrected chi connectivity index (χ3v) is 5.84. The molecule has 1 N–H and O–H groups in total. The molecule has 0 aliphatic carbocycles. The van der Waals surface area contributed by atoms with Gasteiger partial charge in [-0.15, -0.1) is 10.2 Å². The van der Waals surface area contributed by atoms with Crippen LogP contribution >= 0.6 is 11.8 Å². The quantitative estimate of drug-likeness (QED) is 0.581. The molecule has 0 saturated carbocycles. The number of carbonyl (C=O) groups is 2. The van der Waals surface area contributed by atoms with Gasteiger partial charge >= 0.3 is 0 Å². The summed E-state index contributed by atoms with van der Waals surface area (Å²) < 4.78 is 7.50. The van der Waals surface area contributed by atoms with Crippen LogP contribution in [0.15, 0.2) is 48.7 Å². The summed E-state index contributed by atoms with van der Waals surface area (Å²) in [5.74, 6) is 2.01. The first kappa shape index (κ1) is 21.2. The maximum atomic E-state index is 12.8. The Bertz CT molecular complexity index is 1070. The van der Waals surface area contributed by atoms with Gasteiger partial charge in [-0.2, -0.15) is 11.8 Å². The summed E-state index contributed by atoms with van der Waals surface area (Å²) in [5.41, 5.74) is 1.49. The topological polar surface area (TPSA) is 88.8 Å². The zero-order valence-electron chi connectivity index (χ0n) is 17.4. The standard InChI is InChI=1S/C22H25N5O3S/c1-31-15-11-16(22-25-24-19-8-4-5-12-27(19)22)23-20(28)9-10-21(29)26-13-14-30-18-7-3-2-6-17(18)26/h2-8,12,16H,9-11,13-15H2,1H3,(H,23,28). The number of hydrogen-bond donors (Lipinski definition) is 1. The lowest BCUT2D eigenvalue weighted by atomic mass is 10.1. The molecule has 0 saturated heterocycles. The van der Waals surface area contributed by atoms with E-state index >= 15 is 0 Å². The van der Waals surface area contributed by atoms with Crippen LogP contribution in [0.1, 0.15) is 31.1 Å². The Kier molecular flexibility index (Phi) is 6.71. The summed E-state index contributed by atoms with van der Waals surface area (Å²) in [5, 5.41) is 11.5. The number of amides is 2. The monoisotopic (exact) mass is 439 g/mol. The molecule has 31 heavy (non-hydrogen) atoms. The van der Waals surface area contributed by atoms with E-state index < -0.39 is 0 Å². The van der Waals surface area contributed by atoms with Crippen LogP contribution in [0, 0.1) is 0 Å². The highest BCUT2D eigenvalue weighted by Gasteiger charge is 2.25. The molecule has 0 radical (unpaired) electrons. The van der Waals surface area contributed by atoms with Crippen molar-refractivity contribution in [2.45, 2.75) is 25.3 Å². The molecule has 1 atom stereocenters. The zero-order chi connectivity index (χ0) is 21.6. The number of anilines is 1. The molecule has 9 heteroatoms. The molecule has 162 valence electrons. The molecule has 8 nitrogen and oxygen atoms in total. The molecular formula is C22H25N5O3S. The van der Waals surface area contributed by atoms with E-state index in [1.54, 1.807) is 16.7 Å². The van der Waals surface area contributed by atoms with Gasteiger partial charge in [0.1, 0.15) is 12.4 Å². The van der Waals surface area contributed by atoms with Gasteiger partial charge in [0.2, 0.25) is 11.8 Å². The first-order valence-electron chi connectivity index (χ1n) is 10.3. The van der Waals surface area contributed by atoms with Gasteiger partial charge in [-0.05, 0) is 42.7 Å². The van der Waals surface area contributed by atoms with Crippen LogP contribution in [0.4, 0.5) is 5.69 Å². The van der Waals surface area contributed by atoms with Gasteiger partial charge in [0.05, 0.1) is 18.3 Å². The van der Waals surface area contributed by atoms with Crippen molar-refractivity contribution in [1.29, 1.82) is 0 Å². The number of aromatic nitrogens is 3. The minimum absolute atomic E-state index is 0.0838. The predicted octanol–water partition coefficient (Wildman–Crippen LogP) is 2.85. The molecule has 3 heterocycles. The fourth-order valence-corrected chi connectivity index (χ4v) is 4.12. The molecule has 1 unspecified atom stereocenters. The SMILES string of the molecule is CSCCC(NC(=O)CCC(=O)N1CCOc2ccccc21)c1nnc2ccccn12. The van der Waals surface area contributed by atoms with Crippen LogP contribution in [0.5, 0.6) is 5.75 Å². The van der Waals surface area contributed by atoms with Crippen LogP contribution < -0.4 is 15.0 Å². The number of ether oxygens (including phenoxy) is 1. The molecule has 0 spiro atoms. The number of thioether (sulfide) groups is 1. The largest absolute Gasteiger partial charge is 0.490 e. The molecular weight excluding hydrogens is 414 g/mol. The van der Waals surface area contributed by atoms with Crippen molar-refractivity contribution in [3.63, 3.8) is 0 Å². The second-order valence-electron chi connectivity index (χ2n) is 7.25. The van der Waals surface area contributed by atoms with Crippen molar-refractivity contribution in [3.05, 3.63) is 54.5 Å². The lowest BCUT2D eigenvalue weighted by molar-refractivity contribution is -0.125. The average molecular weight is 440 g/mol. The lowest BCUT2D eigenvalue weighted by Crippen LogP contribution is -2.38. The number of rotatable bonds is 8. The second-order valence-corrected chi connectivity index (χ2v) is 8.24. The van der Waals surface area contributed by atoms with Gasteiger partial charge in [-0.25, -0.2) is 0 Å². The van der Waals surface area contributed by atoms with Gasteiger partial charge in [0, 0.05) is 19.0 Å². The smallest absolute Gasteiger partial charge is 0.227 e. The lowest BCUT2D eigenvalue weighted by Gasteiger charge is -2.29. The van der Waals surface area contributed by atoms with E-state index in [9.17, 15) is 9.59 Å². The van der Waals surface area contributed by atoms with E-state index in [2.05, 4.69) is 15.5 Å². The highest BCUT2D eigenvalue weighted by Crippen LogP contribution is 2.31. The number of nitrogens with one attached hydrogen (secondary N) is 1. The summed E-state index contributed by atoms with van der Waals surface area (Å²) in [6.07, 6.45) is 4.90. The third kappa shape index (κ3) is 4.82. The summed E-state index contributed by atoms with van der Waals surface area (Å²) >= 11 is 1.71. The van der Waals surface area contributed by atoms with Crippen LogP contribution in [0.25, 0.3) is 5.65 Å². The number of fused-ring (bicyclic) bond motifs is 2. The maximum Gasteiger partial charge on any atom is 0.227 e. The summed E-state index contributed by atoms with van der Waals surface area (Å²) in [4.78, 5) is 27.2. The predicted molar refractivity (Wildman–Crippen MR) is 120 cm³/mol. The fraction of sp³-hybridized carbons (Fsp3) is 0.364. The van der Waals surface area contributed by atoms with E-state index in [0.29, 0.717) is 24.7 Å². The number of para-hydroxylation sites is 2. The van der Waals surface area contributed by atoms with Crippen molar-refractivity contribution in [2.75, 3.05) is 30.1 Å². The summed E-state index contributed by atoms with van der Waals surface area (Å²) in [6, 6.07) is 12.9. The van der Waals surface area contributed by atoms with Crippen LogP contribution in [-0.2, 0) is 9.59 Å². The maximum absolute atomic E-state index is 12.8. The van der Waals surface area contributed by atoms with Crippen molar-refractivity contribution in [3.8, 4) is 5.75 Å². The van der Waals surface area contributed by atoms with Gasteiger partial charge in [0.15, 0.2) is 11.5 Å². The Labute approximate surface area is 185 Å². The normalized spacial score (nSPS) is 14.0. The van der Waals surface area contributed by atoms with Crippen LogP contribution in [0.3, 0.4) is 0 Å². The first-order chi connectivity index (χ1) is 15.2. The van der Waals surface area contributed by atoms with E-state index in [-0.39, 0.29) is 30.7 Å². The van der Waals surface area contributed by atoms with E-state index in [0.717, 1.165) is 23.5 Å². The number of hydrogen-bond acceptors (Lipinski definition) is 6. The van der Waals surface area contributed by atoms with Gasteiger partial charge in [-0.1, -0.05) is 18.2 Å². The number of carbonyl (C=O) groups excluding carboxylic acids is 2. The molecule has 0 fully saturated rings. The molecule has 1 aromatic carbocycles.